The number of carbonyl (C=O) groups is 3. The molecule has 2 saturated heterocycles. The molecule has 8 nitrogen and oxygen atoms in total. The first-order valence-corrected chi connectivity index (χ1v) is 13.0. The SMILES string of the molecule is CN1C(=O)c2cc(NC(=O)c3ccc(F)c(F)c3)ccc2OC[C@H]2O[C@H](CC(=O)N3CCCCC3)CC[C@H]21. The molecule has 5 rings (SSSR count). The standard InChI is InChI=1S/C28H31F2N3O5/c1-32-23-9-7-19(15-26(34)33-11-3-2-4-12-33)38-25(23)16-37-24-10-6-18(14-20(24)28(32)36)31-27(35)17-5-8-21(29)22(30)13-17/h5-6,8,10,13-14,19,23,25H,2-4,7,9,11-12,15-16H2,1H3,(H,31,35)/t19-,23+,25+/m0/s1. The molecule has 0 aliphatic carbocycles. The Balaban J connectivity index is 1.27. The van der Waals surface area contributed by atoms with E-state index < -0.39 is 17.5 Å². The number of rotatable bonds is 4. The minimum Gasteiger partial charge on any atom is -0.490 e. The second-order valence-corrected chi connectivity index (χ2v) is 10.1. The van der Waals surface area contributed by atoms with E-state index in [9.17, 15) is 23.2 Å². The Hall–Kier alpha value is -3.53. The van der Waals surface area contributed by atoms with Gasteiger partial charge < -0.3 is 24.6 Å². The zero-order valence-electron chi connectivity index (χ0n) is 21.3. The molecule has 1 N–H and O–H groups in total. The van der Waals surface area contributed by atoms with Gasteiger partial charge >= 0.3 is 0 Å². The first kappa shape index (κ1) is 26.1. The van der Waals surface area contributed by atoms with Gasteiger partial charge in [0.05, 0.1) is 24.1 Å². The third-order valence-electron chi connectivity index (χ3n) is 7.56. The van der Waals surface area contributed by atoms with Crippen LogP contribution < -0.4 is 10.1 Å². The third kappa shape index (κ3) is 5.50. The fraction of sp³-hybridized carbons (Fsp3) is 0.464. The van der Waals surface area contributed by atoms with Crippen molar-refractivity contribution in [1.29, 1.82) is 0 Å². The maximum atomic E-state index is 13.5. The fourth-order valence-corrected chi connectivity index (χ4v) is 5.41. The van der Waals surface area contributed by atoms with Crippen LogP contribution in [0.25, 0.3) is 0 Å². The second kappa shape index (κ2) is 11.1. The Morgan fingerprint density at radius 3 is 2.58 bits per heavy atom. The lowest BCUT2D eigenvalue weighted by atomic mass is 9.94. The number of ether oxygens (including phenoxy) is 2. The van der Waals surface area contributed by atoms with Gasteiger partial charge in [-0.3, -0.25) is 14.4 Å². The van der Waals surface area contributed by atoms with Crippen LogP contribution in [0.4, 0.5) is 14.5 Å². The van der Waals surface area contributed by atoms with E-state index in [-0.39, 0.29) is 47.8 Å². The van der Waals surface area contributed by atoms with Crippen LogP contribution in [-0.4, -0.2) is 72.5 Å². The molecule has 3 amide bonds. The predicted molar refractivity (Wildman–Crippen MR) is 135 cm³/mol. The van der Waals surface area contributed by atoms with Crippen molar-refractivity contribution >= 4 is 23.4 Å². The number of hydrogen-bond acceptors (Lipinski definition) is 5. The van der Waals surface area contributed by atoms with Crippen LogP contribution in [0.3, 0.4) is 0 Å². The molecule has 2 fully saturated rings. The smallest absolute Gasteiger partial charge is 0.257 e. The van der Waals surface area contributed by atoms with E-state index >= 15 is 0 Å². The van der Waals surface area contributed by atoms with E-state index in [0.29, 0.717) is 30.7 Å². The van der Waals surface area contributed by atoms with Crippen molar-refractivity contribution in [3.8, 4) is 5.75 Å². The zero-order valence-corrected chi connectivity index (χ0v) is 21.3. The largest absolute Gasteiger partial charge is 0.490 e. The molecule has 10 heteroatoms. The Morgan fingerprint density at radius 2 is 1.82 bits per heavy atom. The lowest BCUT2D eigenvalue weighted by Crippen LogP contribution is -2.54. The number of nitrogens with zero attached hydrogens (tertiary/aromatic N) is 2. The summed E-state index contributed by atoms with van der Waals surface area (Å²) in [7, 11) is 1.71. The average molecular weight is 528 g/mol. The van der Waals surface area contributed by atoms with Crippen LogP contribution in [0.15, 0.2) is 36.4 Å². The Labute approximate surface area is 219 Å². The number of anilines is 1. The number of fused-ring (bicyclic) bond motifs is 2. The van der Waals surface area contributed by atoms with Crippen LogP contribution in [0.2, 0.25) is 0 Å². The van der Waals surface area contributed by atoms with Crippen LogP contribution in [0, 0.1) is 11.6 Å². The number of carbonyl (C=O) groups excluding carboxylic acids is 3. The summed E-state index contributed by atoms with van der Waals surface area (Å²) in [4.78, 5) is 42.3. The van der Waals surface area contributed by atoms with Gasteiger partial charge in [-0.25, -0.2) is 8.78 Å². The van der Waals surface area contributed by atoms with Crippen molar-refractivity contribution in [2.45, 2.75) is 56.8 Å². The van der Waals surface area contributed by atoms with Gasteiger partial charge in [0, 0.05) is 31.4 Å². The summed E-state index contributed by atoms with van der Waals surface area (Å²) in [6.07, 6.45) is 4.32. The maximum absolute atomic E-state index is 13.5. The minimum atomic E-state index is -1.12. The molecule has 0 aromatic heterocycles. The highest BCUT2D eigenvalue weighted by Crippen LogP contribution is 2.33. The Kier molecular flexibility index (Phi) is 7.60. The molecule has 202 valence electrons. The zero-order chi connectivity index (χ0) is 26.8. The monoisotopic (exact) mass is 527 g/mol. The molecule has 38 heavy (non-hydrogen) atoms. The van der Waals surface area contributed by atoms with Gasteiger partial charge in [-0.2, -0.15) is 0 Å². The van der Waals surface area contributed by atoms with Gasteiger partial charge in [0.2, 0.25) is 5.91 Å². The maximum Gasteiger partial charge on any atom is 0.257 e. The van der Waals surface area contributed by atoms with E-state index in [1.165, 1.54) is 12.1 Å². The van der Waals surface area contributed by atoms with Gasteiger partial charge in [-0.05, 0) is 68.5 Å². The highest BCUT2D eigenvalue weighted by atomic mass is 19.2. The predicted octanol–water partition coefficient (Wildman–Crippen LogP) is 4.00. The number of nitrogens with one attached hydrogen (secondary N) is 1. The van der Waals surface area contributed by atoms with E-state index in [1.54, 1.807) is 24.1 Å². The number of benzene rings is 2. The summed E-state index contributed by atoms with van der Waals surface area (Å²) in [6.45, 7) is 1.82. The molecule has 3 atom stereocenters. The molecule has 3 heterocycles. The lowest BCUT2D eigenvalue weighted by Gasteiger charge is -2.42. The van der Waals surface area contributed by atoms with Gasteiger partial charge in [-0.15, -0.1) is 0 Å². The van der Waals surface area contributed by atoms with Crippen molar-refractivity contribution in [3.63, 3.8) is 0 Å². The van der Waals surface area contributed by atoms with Crippen LogP contribution in [0.1, 0.15) is 59.2 Å². The topological polar surface area (TPSA) is 88.2 Å². The van der Waals surface area contributed by atoms with Crippen molar-refractivity contribution in [2.75, 3.05) is 32.1 Å². The minimum absolute atomic E-state index is 0.0501. The fourth-order valence-electron chi connectivity index (χ4n) is 5.41. The third-order valence-corrected chi connectivity index (χ3v) is 7.56. The summed E-state index contributed by atoms with van der Waals surface area (Å²) in [5, 5.41) is 2.62. The number of likely N-dealkylation sites (tertiary alicyclic amines) is 1. The quantitative estimate of drug-likeness (QED) is 0.650. The molecule has 3 aliphatic heterocycles. The van der Waals surface area contributed by atoms with Crippen molar-refractivity contribution in [3.05, 3.63) is 59.2 Å². The molecular weight excluding hydrogens is 496 g/mol. The van der Waals surface area contributed by atoms with Crippen LogP contribution in [0.5, 0.6) is 5.75 Å². The number of amides is 3. The first-order valence-electron chi connectivity index (χ1n) is 13.0. The normalized spacial score (nSPS) is 23.4. The van der Waals surface area contributed by atoms with Crippen LogP contribution >= 0.6 is 0 Å². The number of hydrogen-bond donors (Lipinski definition) is 1. The van der Waals surface area contributed by atoms with E-state index in [0.717, 1.165) is 44.5 Å². The van der Waals surface area contributed by atoms with E-state index in [2.05, 4.69) is 5.32 Å². The molecule has 0 bridgehead atoms. The number of halogens is 2. The van der Waals surface area contributed by atoms with Gasteiger partial charge in [0.15, 0.2) is 11.6 Å². The highest BCUT2D eigenvalue weighted by Gasteiger charge is 2.39. The number of likely N-dealkylation sites (N-methyl/N-ethyl adjacent to an activating group) is 1. The van der Waals surface area contributed by atoms with E-state index in [1.807, 2.05) is 4.90 Å². The molecule has 2 aromatic rings. The van der Waals surface area contributed by atoms with Gasteiger partial charge in [0.1, 0.15) is 18.5 Å². The molecule has 0 unspecified atom stereocenters. The summed E-state index contributed by atoms with van der Waals surface area (Å²) in [5.74, 6) is -2.62. The lowest BCUT2D eigenvalue weighted by molar-refractivity contribution is -0.143. The molecule has 2 aromatic carbocycles. The van der Waals surface area contributed by atoms with Crippen molar-refractivity contribution in [1.82, 2.24) is 9.80 Å². The Morgan fingerprint density at radius 1 is 1.03 bits per heavy atom. The molecular formula is C28H31F2N3O5. The first-order chi connectivity index (χ1) is 18.3. The molecule has 0 spiro atoms. The average Bonchev–Trinajstić information content (AvgIpc) is 2.93. The van der Waals surface area contributed by atoms with Crippen molar-refractivity contribution < 1.29 is 32.6 Å². The number of piperidine rings is 1. The summed E-state index contributed by atoms with van der Waals surface area (Å²) in [5.41, 5.74) is 0.541. The van der Waals surface area contributed by atoms with Crippen LogP contribution in [-0.2, 0) is 9.53 Å². The summed E-state index contributed by atoms with van der Waals surface area (Å²) < 4.78 is 39.0. The highest BCUT2D eigenvalue weighted by molar-refractivity contribution is 6.05. The summed E-state index contributed by atoms with van der Waals surface area (Å²) >= 11 is 0. The van der Waals surface area contributed by atoms with Crippen molar-refractivity contribution in [2.24, 2.45) is 0 Å². The van der Waals surface area contributed by atoms with Gasteiger partial charge in [0.25, 0.3) is 11.8 Å². The summed E-state index contributed by atoms with van der Waals surface area (Å²) in [6, 6.07) is 7.33. The molecule has 3 aliphatic rings. The van der Waals surface area contributed by atoms with E-state index in [4.69, 9.17) is 9.47 Å². The van der Waals surface area contributed by atoms with Gasteiger partial charge in [-0.1, -0.05) is 0 Å². The molecule has 0 saturated carbocycles. The Bertz CT molecular complexity index is 1230. The second-order valence-electron chi connectivity index (χ2n) is 10.1. The molecule has 0 radical (unpaired) electrons.